The van der Waals surface area contributed by atoms with Crippen LogP contribution in [-0.4, -0.2) is 17.0 Å². The third-order valence-electron chi connectivity index (χ3n) is 2.85. The average molecular weight is 422 g/mol. The summed E-state index contributed by atoms with van der Waals surface area (Å²) in [7, 11) is 1.84. The summed E-state index contributed by atoms with van der Waals surface area (Å²) < 4.78 is 1.02. The minimum Gasteiger partial charge on any atom is -0.372 e. The second-order valence-electron chi connectivity index (χ2n) is 4.60. The van der Waals surface area contributed by atoms with Crippen molar-refractivity contribution in [1.29, 1.82) is 0 Å². The normalized spacial score (nSPS) is 10.9. The Morgan fingerprint density at radius 2 is 1.75 bits per heavy atom. The molecule has 0 bridgehead atoms. The lowest BCUT2D eigenvalue weighted by molar-refractivity contribution is 0.809. The Morgan fingerprint density at radius 1 is 1.15 bits per heavy atom. The molecule has 0 spiro atoms. The summed E-state index contributed by atoms with van der Waals surface area (Å²) in [6, 6.07) is 5.39. The van der Waals surface area contributed by atoms with E-state index >= 15 is 0 Å². The number of nitrogens with one attached hydrogen (secondary N) is 1. The molecule has 0 amide bonds. The zero-order valence-electron chi connectivity index (χ0n) is 11.3. The number of aromatic nitrogens is 2. The third-order valence-corrected chi connectivity index (χ3v) is 4.54. The number of benzene rings is 1. The van der Waals surface area contributed by atoms with Crippen LogP contribution >= 0.6 is 45.8 Å². The van der Waals surface area contributed by atoms with Crippen molar-refractivity contribution in [2.45, 2.75) is 19.8 Å². The zero-order chi connectivity index (χ0) is 14.9. The molecule has 0 saturated heterocycles. The van der Waals surface area contributed by atoms with E-state index in [4.69, 9.17) is 23.2 Å². The second-order valence-corrected chi connectivity index (χ2v) is 6.49. The van der Waals surface area contributed by atoms with Crippen molar-refractivity contribution in [2.24, 2.45) is 0 Å². The van der Waals surface area contributed by atoms with Crippen molar-refractivity contribution in [3.05, 3.63) is 37.5 Å². The smallest absolute Gasteiger partial charge is 0.164 e. The fourth-order valence-corrected chi connectivity index (χ4v) is 3.54. The monoisotopic (exact) mass is 421 g/mol. The Morgan fingerprint density at radius 3 is 2.25 bits per heavy atom. The van der Waals surface area contributed by atoms with Gasteiger partial charge in [-0.3, -0.25) is 0 Å². The highest BCUT2D eigenvalue weighted by atomic mass is 127. The van der Waals surface area contributed by atoms with E-state index in [0.29, 0.717) is 21.4 Å². The maximum absolute atomic E-state index is 6.24. The lowest BCUT2D eigenvalue weighted by Gasteiger charge is -2.14. The molecule has 106 valence electrons. The highest BCUT2D eigenvalue weighted by Gasteiger charge is 2.18. The Bertz CT molecular complexity index is 624. The molecule has 2 aromatic rings. The summed E-state index contributed by atoms with van der Waals surface area (Å²) in [6.45, 7) is 4.20. The molecule has 0 aliphatic heterocycles. The lowest BCUT2D eigenvalue weighted by Crippen LogP contribution is -2.07. The van der Waals surface area contributed by atoms with Gasteiger partial charge in [0, 0.05) is 7.05 Å². The molecule has 0 aliphatic carbocycles. The van der Waals surface area contributed by atoms with Gasteiger partial charge in [-0.1, -0.05) is 43.1 Å². The lowest BCUT2D eigenvalue weighted by atomic mass is 10.1. The summed E-state index contributed by atoms with van der Waals surface area (Å²) >= 11 is 14.7. The summed E-state index contributed by atoms with van der Waals surface area (Å²) in [5, 5.41) is 4.20. The number of anilines is 1. The van der Waals surface area contributed by atoms with Crippen LogP contribution in [0.15, 0.2) is 18.2 Å². The molecule has 2 rings (SSSR count). The van der Waals surface area contributed by atoms with Crippen LogP contribution in [0.25, 0.3) is 11.4 Å². The van der Waals surface area contributed by atoms with E-state index in [1.807, 2.05) is 13.1 Å². The first-order valence-corrected chi connectivity index (χ1v) is 7.98. The van der Waals surface area contributed by atoms with E-state index in [-0.39, 0.29) is 5.92 Å². The first-order valence-electron chi connectivity index (χ1n) is 6.15. The Labute approximate surface area is 142 Å². The number of hydrogen-bond acceptors (Lipinski definition) is 3. The SMILES string of the molecule is CNc1nc(-c2c(Cl)cccc2Cl)nc(C(C)C)c1I. The summed E-state index contributed by atoms with van der Waals surface area (Å²) in [6.07, 6.45) is 0. The quantitative estimate of drug-likeness (QED) is 0.690. The van der Waals surface area contributed by atoms with Crippen molar-refractivity contribution >= 4 is 51.6 Å². The van der Waals surface area contributed by atoms with Crippen molar-refractivity contribution in [3.8, 4) is 11.4 Å². The maximum Gasteiger partial charge on any atom is 0.164 e. The van der Waals surface area contributed by atoms with Crippen molar-refractivity contribution < 1.29 is 0 Å². The van der Waals surface area contributed by atoms with E-state index in [0.717, 1.165) is 15.1 Å². The maximum atomic E-state index is 6.24. The molecule has 0 atom stereocenters. The molecular weight excluding hydrogens is 408 g/mol. The summed E-state index contributed by atoms with van der Waals surface area (Å²) in [4.78, 5) is 9.17. The largest absolute Gasteiger partial charge is 0.372 e. The second kappa shape index (κ2) is 6.45. The first-order chi connectivity index (χ1) is 9.45. The number of rotatable bonds is 3. The highest BCUT2D eigenvalue weighted by Crippen LogP contribution is 2.35. The summed E-state index contributed by atoms with van der Waals surface area (Å²) in [5.74, 6) is 1.63. The van der Waals surface area contributed by atoms with Crippen LogP contribution in [0, 0.1) is 3.57 Å². The van der Waals surface area contributed by atoms with Crippen LogP contribution < -0.4 is 5.32 Å². The van der Waals surface area contributed by atoms with Gasteiger partial charge in [0.25, 0.3) is 0 Å². The molecule has 0 aliphatic rings. The molecule has 1 aromatic heterocycles. The number of halogens is 3. The molecule has 1 aromatic carbocycles. The molecule has 0 saturated carbocycles. The molecule has 1 heterocycles. The highest BCUT2D eigenvalue weighted by molar-refractivity contribution is 14.1. The van der Waals surface area contributed by atoms with Gasteiger partial charge in [-0.25, -0.2) is 9.97 Å². The van der Waals surface area contributed by atoms with Crippen molar-refractivity contribution in [3.63, 3.8) is 0 Å². The van der Waals surface area contributed by atoms with Gasteiger partial charge in [0.15, 0.2) is 5.82 Å². The topological polar surface area (TPSA) is 37.8 Å². The predicted molar refractivity (Wildman–Crippen MR) is 93.8 cm³/mol. The average Bonchev–Trinajstić information content (AvgIpc) is 2.39. The van der Waals surface area contributed by atoms with Crippen LogP contribution in [0.1, 0.15) is 25.5 Å². The van der Waals surface area contributed by atoms with E-state index in [1.54, 1.807) is 12.1 Å². The standard InChI is InChI=1S/C14H14Cl2IN3/c1-7(2)12-11(17)14(18-3)20-13(19-12)10-8(15)5-4-6-9(10)16/h4-7H,1-3H3,(H,18,19,20). The summed E-state index contributed by atoms with van der Waals surface area (Å²) in [5.41, 5.74) is 1.65. The van der Waals surface area contributed by atoms with Crippen molar-refractivity contribution in [2.75, 3.05) is 12.4 Å². The predicted octanol–water partition coefficient (Wildman–Crippen LogP) is 5.22. The van der Waals surface area contributed by atoms with E-state index in [2.05, 4.69) is 51.7 Å². The van der Waals surface area contributed by atoms with Crippen LogP contribution in [-0.2, 0) is 0 Å². The number of hydrogen-bond donors (Lipinski definition) is 1. The molecule has 6 heteroatoms. The van der Waals surface area contributed by atoms with Crippen LogP contribution in [0.3, 0.4) is 0 Å². The van der Waals surface area contributed by atoms with Gasteiger partial charge in [-0.15, -0.1) is 0 Å². The fraction of sp³-hybridized carbons (Fsp3) is 0.286. The van der Waals surface area contributed by atoms with Crippen LogP contribution in [0.2, 0.25) is 10.0 Å². The molecule has 0 fully saturated rings. The number of nitrogens with zero attached hydrogens (tertiary/aromatic N) is 2. The van der Waals surface area contributed by atoms with E-state index in [1.165, 1.54) is 0 Å². The Balaban J connectivity index is 2.72. The molecule has 3 nitrogen and oxygen atoms in total. The van der Waals surface area contributed by atoms with E-state index in [9.17, 15) is 0 Å². The zero-order valence-corrected chi connectivity index (χ0v) is 15.0. The Hall–Kier alpha value is -0.590. The Kier molecular flexibility index (Phi) is 5.09. The minimum absolute atomic E-state index is 0.289. The van der Waals surface area contributed by atoms with Gasteiger partial charge in [-0.2, -0.15) is 0 Å². The van der Waals surface area contributed by atoms with Crippen molar-refractivity contribution in [1.82, 2.24) is 9.97 Å². The third kappa shape index (κ3) is 3.02. The van der Waals surface area contributed by atoms with Crippen LogP contribution in [0.5, 0.6) is 0 Å². The van der Waals surface area contributed by atoms with Gasteiger partial charge in [0.1, 0.15) is 5.82 Å². The molecule has 0 radical (unpaired) electrons. The fourth-order valence-electron chi connectivity index (χ4n) is 1.84. The minimum atomic E-state index is 0.289. The van der Waals surface area contributed by atoms with Gasteiger partial charge < -0.3 is 5.32 Å². The van der Waals surface area contributed by atoms with Gasteiger partial charge in [-0.05, 0) is 40.6 Å². The van der Waals surface area contributed by atoms with Gasteiger partial charge in [0.05, 0.1) is 24.9 Å². The molecule has 20 heavy (non-hydrogen) atoms. The van der Waals surface area contributed by atoms with E-state index < -0.39 is 0 Å². The molecule has 0 unspecified atom stereocenters. The van der Waals surface area contributed by atoms with Gasteiger partial charge >= 0.3 is 0 Å². The van der Waals surface area contributed by atoms with Gasteiger partial charge in [0.2, 0.25) is 0 Å². The molecular formula is C14H14Cl2IN3. The first kappa shape index (κ1) is 15.8. The van der Waals surface area contributed by atoms with Crippen LogP contribution in [0.4, 0.5) is 5.82 Å². The molecule has 1 N–H and O–H groups in total.